The summed E-state index contributed by atoms with van der Waals surface area (Å²) in [6, 6.07) is 7.50. The molecule has 1 heterocycles. The number of carbonyl (C=O) groups is 1. The van der Waals surface area contributed by atoms with Crippen LogP contribution in [0.25, 0.3) is 0 Å². The van der Waals surface area contributed by atoms with Crippen molar-refractivity contribution in [3.05, 3.63) is 24.3 Å². The molecular formula is C10H15Cl2N3O. The van der Waals surface area contributed by atoms with Gasteiger partial charge in [0, 0.05) is 12.6 Å². The molecule has 1 aromatic carbocycles. The van der Waals surface area contributed by atoms with Crippen LogP contribution in [0.5, 0.6) is 0 Å². The van der Waals surface area contributed by atoms with Crippen LogP contribution in [-0.4, -0.2) is 18.6 Å². The second kappa shape index (κ2) is 5.82. The van der Waals surface area contributed by atoms with Gasteiger partial charge in [-0.1, -0.05) is 12.1 Å². The number of nitrogens with zero attached hydrogens (tertiary/aromatic N) is 1. The van der Waals surface area contributed by atoms with Crippen molar-refractivity contribution in [1.29, 1.82) is 0 Å². The summed E-state index contributed by atoms with van der Waals surface area (Å²) in [7, 11) is 0. The molecule has 0 aliphatic carbocycles. The number of fused-ring (bicyclic) bond motifs is 1. The van der Waals surface area contributed by atoms with E-state index in [9.17, 15) is 4.79 Å². The quantitative estimate of drug-likeness (QED) is 0.754. The van der Waals surface area contributed by atoms with E-state index in [4.69, 9.17) is 5.73 Å². The molecule has 1 aliphatic heterocycles. The summed E-state index contributed by atoms with van der Waals surface area (Å²) in [6.45, 7) is 2.64. The summed E-state index contributed by atoms with van der Waals surface area (Å²) in [4.78, 5) is 12.8. The van der Waals surface area contributed by atoms with Gasteiger partial charge in [0.1, 0.15) is 0 Å². The highest BCUT2D eigenvalue weighted by molar-refractivity contribution is 5.95. The van der Waals surface area contributed by atoms with Crippen LogP contribution >= 0.6 is 24.8 Å². The molecule has 0 radical (unpaired) electrons. The van der Waals surface area contributed by atoms with Gasteiger partial charge < -0.3 is 11.1 Å². The van der Waals surface area contributed by atoms with Crippen molar-refractivity contribution >= 4 is 42.2 Å². The van der Waals surface area contributed by atoms with Crippen molar-refractivity contribution < 1.29 is 4.79 Å². The Kier molecular flexibility index (Phi) is 5.41. The molecule has 0 spiro atoms. The maximum absolute atomic E-state index is 11.2. The summed E-state index contributed by atoms with van der Waals surface area (Å²) >= 11 is 0. The molecule has 0 saturated heterocycles. The Hall–Kier alpha value is -1.13. The van der Waals surface area contributed by atoms with Crippen molar-refractivity contribution in [3.63, 3.8) is 0 Å². The van der Waals surface area contributed by atoms with Gasteiger partial charge in [0.25, 0.3) is 0 Å². The zero-order valence-electron chi connectivity index (χ0n) is 8.84. The van der Waals surface area contributed by atoms with Gasteiger partial charge in [0.05, 0.1) is 11.4 Å². The van der Waals surface area contributed by atoms with Gasteiger partial charge in [-0.05, 0) is 19.1 Å². The number of carbonyl (C=O) groups excluding carboxylic acids is 1. The smallest absolute Gasteiger partial charge is 0.319 e. The first-order valence-electron chi connectivity index (χ1n) is 4.61. The minimum Gasteiger partial charge on any atom is -0.379 e. The SMILES string of the molecule is CC1CN(C(N)=O)c2ccccc2N1.Cl.Cl. The molecule has 1 aromatic rings. The van der Waals surface area contributed by atoms with E-state index in [1.165, 1.54) is 0 Å². The Morgan fingerprint density at radius 1 is 1.44 bits per heavy atom. The van der Waals surface area contributed by atoms with Gasteiger partial charge in [-0.25, -0.2) is 4.79 Å². The Morgan fingerprint density at radius 2 is 2.06 bits per heavy atom. The molecule has 1 aliphatic rings. The number of primary amides is 1. The first-order chi connectivity index (χ1) is 6.68. The highest BCUT2D eigenvalue weighted by atomic mass is 35.5. The third kappa shape index (κ3) is 2.71. The highest BCUT2D eigenvalue weighted by Gasteiger charge is 2.23. The molecule has 90 valence electrons. The minimum absolute atomic E-state index is 0. The third-order valence-electron chi connectivity index (χ3n) is 2.32. The highest BCUT2D eigenvalue weighted by Crippen LogP contribution is 2.29. The molecule has 0 bridgehead atoms. The number of benzene rings is 1. The predicted molar refractivity (Wildman–Crippen MR) is 71.0 cm³/mol. The number of amides is 2. The molecule has 0 saturated carbocycles. The van der Waals surface area contributed by atoms with Crippen LogP contribution in [0.3, 0.4) is 0 Å². The Bertz CT molecular complexity index is 373. The third-order valence-corrected chi connectivity index (χ3v) is 2.32. The van der Waals surface area contributed by atoms with E-state index in [-0.39, 0.29) is 30.9 Å². The van der Waals surface area contributed by atoms with Crippen LogP contribution in [-0.2, 0) is 0 Å². The summed E-state index contributed by atoms with van der Waals surface area (Å²) in [6.07, 6.45) is 0. The van der Waals surface area contributed by atoms with Crippen molar-refractivity contribution in [2.75, 3.05) is 16.8 Å². The van der Waals surface area contributed by atoms with E-state index >= 15 is 0 Å². The number of nitrogens with two attached hydrogens (primary N) is 1. The standard InChI is InChI=1S/C10H13N3O.2ClH/c1-7-6-13(10(11)14)9-5-3-2-4-8(9)12-7;;/h2-5,7,12H,6H2,1H3,(H2,11,14);2*1H. The molecule has 2 amide bonds. The number of rotatable bonds is 0. The van der Waals surface area contributed by atoms with Gasteiger partial charge in [-0.2, -0.15) is 0 Å². The van der Waals surface area contributed by atoms with Crippen LogP contribution in [0.15, 0.2) is 24.3 Å². The van der Waals surface area contributed by atoms with Crippen molar-refractivity contribution in [3.8, 4) is 0 Å². The number of nitrogens with one attached hydrogen (secondary N) is 1. The molecule has 0 aromatic heterocycles. The first kappa shape index (κ1) is 14.9. The van der Waals surface area contributed by atoms with Crippen LogP contribution in [0.1, 0.15) is 6.92 Å². The zero-order valence-corrected chi connectivity index (χ0v) is 10.5. The summed E-state index contributed by atoms with van der Waals surface area (Å²) in [5, 5.41) is 3.30. The number of hydrogen-bond acceptors (Lipinski definition) is 2. The topological polar surface area (TPSA) is 58.4 Å². The Labute approximate surface area is 107 Å². The number of urea groups is 1. The average Bonchev–Trinajstić information content (AvgIpc) is 2.16. The predicted octanol–water partition coefficient (Wildman–Crippen LogP) is 2.23. The number of anilines is 2. The lowest BCUT2D eigenvalue weighted by Crippen LogP contribution is -2.45. The summed E-state index contributed by atoms with van der Waals surface area (Å²) in [5.74, 6) is 0. The van der Waals surface area contributed by atoms with Crippen LogP contribution in [0.4, 0.5) is 16.2 Å². The van der Waals surface area contributed by atoms with Gasteiger partial charge in [-0.3, -0.25) is 4.90 Å². The van der Waals surface area contributed by atoms with Gasteiger partial charge in [-0.15, -0.1) is 24.8 Å². The monoisotopic (exact) mass is 263 g/mol. The molecule has 3 N–H and O–H groups in total. The lowest BCUT2D eigenvalue weighted by molar-refractivity contribution is 0.253. The maximum Gasteiger partial charge on any atom is 0.319 e. The summed E-state index contributed by atoms with van der Waals surface area (Å²) < 4.78 is 0. The Morgan fingerprint density at radius 3 is 2.69 bits per heavy atom. The normalized spacial score (nSPS) is 17.3. The number of hydrogen-bond donors (Lipinski definition) is 2. The van der Waals surface area contributed by atoms with E-state index in [1.54, 1.807) is 4.90 Å². The number of halogens is 2. The van der Waals surface area contributed by atoms with E-state index in [0.717, 1.165) is 11.4 Å². The molecule has 2 rings (SSSR count). The van der Waals surface area contributed by atoms with E-state index in [1.807, 2.05) is 31.2 Å². The molecule has 4 nitrogen and oxygen atoms in total. The fourth-order valence-electron chi connectivity index (χ4n) is 1.72. The lowest BCUT2D eigenvalue weighted by Gasteiger charge is -2.33. The average molecular weight is 264 g/mol. The minimum atomic E-state index is -0.397. The fourth-order valence-corrected chi connectivity index (χ4v) is 1.72. The van der Waals surface area contributed by atoms with Crippen molar-refractivity contribution in [2.45, 2.75) is 13.0 Å². The molecule has 16 heavy (non-hydrogen) atoms. The van der Waals surface area contributed by atoms with E-state index < -0.39 is 6.03 Å². The molecular weight excluding hydrogens is 249 g/mol. The molecule has 1 atom stereocenters. The summed E-state index contributed by atoms with van der Waals surface area (Å²) in [5.41, 5.74) is 7.13. The maximum atomic E-state index is 11.2. The zero-order chi connectivity index (χ0) is 10.1. The molecule has 6 heteroatoms. The second-order valence-electron chi connectivity index (χ2n) is 3.51. The fraction of sp³-hybridized carbons (Fsp3) is 0.300. The van der Waals surface area contributed by atoms with Crippen molar-refractivity contribution in [2.24, 2.45) is 5.73 Å². The first-order valence-corrected chi connectivity index (χ1v) is 4.61. The van der Waals surface area contributed by atoms with Gasteiger partial charge >= 0.3 is 6.03 Å². The van der Waals surface area contributed by atoms with Crippen LogP contribution < -0.4 is 16.0 Å². The van der Waals surface area contributed by atoms with Crippen molar-refractivity contribution in [1.82, 2.24) is 0 Å². The van der Waals surface area contributed by atoms with E-state index in [0.29, 0.717) is 6.54 Å². The lowest BCUT2D eigenvalue weighted by atomic mass is 10.1. The Balaban J connectivity index is 0.00000112. The molecule has 1 unspecified atom stereocenters. The second-order valence-corrected chi connectivity index (χ2v) is 3.51. The van der Waals surface area contributed by atoms with Gasteiger partial charge in [0.15, 0.2) is 0 Å². The van der Waals surface area contributed by atoms with Gasteiger partial charge in [0.2, 0.25) is 0 Å². The van der Waals surface area contributed by atoms with Crippen LogP contribution in [0, 0.1) is 0 Å². The van der Waals surface area contributed by atoms with E-state index in [2.05, 4.69) is 5.32 Å². The van der Waals surface area contributed by atoms with Crippen LogP contribution in [0.2, 0.25) is 0 Å². The molecule has 0 fully saturated rings. The number of para-hydroxylation sites is 2. The largest absolute Gasteiger partial charge is 0.379 e.